The third-order valence-corrected chi connectivity index (χ3v) is 2.54. The van der Waals surface area contributed by atoms with Crippen molar-refractivity contribution in [3.8, 4) is 0 Å². The molecule has 1 amide bonds. The molecule has 0 saturated heterocycles. The SMILES string of the molecule is CC(C)(C)CC(CN)C(=O)NCc1cn[nH]c1. The Morgan fingerprint density at radius 3 is 2.76 bits per heavy atom. The summed E-state index contributed by atoms with van der Waals surface area (Å²) < 4.78 is 0. The van der Waals surface area contributed by atoms with Crippen molar-refractivity contribution in [1.82, 2.24) is 15.5 Å². The van der Waals surface area contributed by atoms with E-state index in [-0.39, 0.29) is 17.2 Å². The fourth-order valence-electron chi connectivity index (χ4n) is 1.73. The van der Waals surface area contributed by atoms with Crippen molar-refractivity contribution < 1.29 is 4.79 Å². The van der Waals surface area contributed by atoms with Crippen molar-refractivity contribution >= 4 is 5.91 Å². The molecule has 5 nitrogen and oxygen atoms in total. The molecule has 0 spiro atoms. The molecule has 1 rings (SSSR count). The van der Waals surface area contributed by atoms with Crippen LogP contribution in [0, 0.1) is 11.3 Å². The van der Waals surface area contributed by atoms with Crippen molar-refractivity contribution in [2.75, 3.05) is 6.54 Å². The van der Waals surface area contributed by atoms with Gasteiger partial charge in [0.2, 0.25) is 5.91 Å². The highest BCUT2D eigenvalue weighted by Crippen LogP contribution is 2.23. The topological polar surface area (TPSA) is 83.8 Å². The number of carbonyl (C=O) groups is 1. The molecular formula is C12H22N4O. The molecule has 4 N–H and O–H groups in total. The number of nitrogens with two attached hydrogens (primary N) is 1. The van der Waals surface area contributed by atoms with Crippen LogP contribution in [0.5, 0.6) is 0 Å². The van der Waals surface area contributed by atoms with Gasteiger partial charge in [-0.15, -0.1) is 0 Å². The highest BCUT2D eigenvalue weighted by atomic mass is 16.1. The summed E-state index contributed by atoms with van der Waals surface area (Å²) in [4.78, 5) is 11.9. The van der Waals surface area contributed by atoms with Crippen LogP contribution in [0.25, 0.3) is 0 Å². The number of aromatic nitrogens is 2. The third-order valence-electron chi connectivity index (χ3n) is 2.54. The number of rotatable bonds is 5. The lowest BCUT2D eigenvalue weighted by Crippen LogP contribution is -2.36. The van der Waals surface area contributed by atoms with Crippen molar-refractivity contribution in [3.63, 3.8) is 0 Å². The zero-order valence-electron chi connectivity index (χ0n) is 10.8. The van der Waals surface area contributed by atoms with E-state index in [1.54, 1.807) is 12.4 Å². The van der Waals surface area contributed by atoms with E-state index in [0.717, 1.165) is 12.0 Å². The molecule has 1 heterocycles. The highest BCUT2D eigenvalue weighted by molar-refractivity contribution is 5.78. The van der Waals surface area contributed by atoms with Gasteiger partial charge in [-0.05, 0) is 11.8 Å². The molecule has 0 radical (unpaired) electrons. The molecule has 1 atom stereocenters. The van der Waals surface area contributed by atoms with Crippen LogP contribution in [0.2, 0.25) is 0 Å². The third kappa shape index (κ3) is 4.99. The Balaban J connectivity index is 2.44. The maximum Gasteiger partial charge on any atom is 0.224 e. The molecule has 0 bridgehead atoms. The largest absolute Gasteiger partial charge is 0.352 e. The normalized spacial score (nSPS) is 13.4. The standard InChI is InChI=1S/C12H22N4O/c1-12(2,3)4-10(5-13)11(17)14-6-9-7-15-16-8-9/h7-8,10H,4-6,13H2,1-3H3,(H,14,17)(H,15,16). The van der Waals surface area contributed by atoms with Gasteiger partial charge in [0.25, 0.3) is 0 Å². The maximum absolute atomic E-state index is 11.9. The minimum absolute atomic E-state index is 0.0172. The number of carbonyl (C=O) groups excluding carboxylic acids is 1. The van der Waals surface area contributed by atoms with E-state index in [1.165, 1.54) is 0 Å². The molecule has 17 heavy (non-hydrogen) atoms. The fourth-order valence-corrected chi connectivity index (χ4v) is 1.73. The Morgan fingerprint density at radius 2 is 2.29 bits per heavy atom. The van der Waals surface area contributed by atoms with Gasteiger partial charge in [0.15, 0.2) is 0 Å². The van der Waals surface area contributed by atoms with Crippen molar-refractivity contribution in [2.24, 2.45) is 17.1 Å². The molecule has 5 heteroatoms. The first-order chi connectivity index (χ1) is 7.92. The van der Waals surface area contributed by atoms with Gasteiger partial charge in [-0.25, -0.2) is 0 Å². The number of nitrogens with one attached hydrogen (secondary N) is 2. The number of hydrogen-bond acceptors (Lipinski definition) is 3. The Kier molecular flexibility index (Phi) is 4.69. The van der Waals surface area contributed by atoms with Gasteiger partial charge in [0.05, 0.1) is 12.1 Å². The summed E-state index contributed by atoms with van der Waals surface area (Å²) in [5, 5.41) is 9.41. The minimum Gasteiger partial charge on any atom is -0.352 e. The van der Waals surface area contributed by atoms with E-state index in [2.05, 4.69) is 36.3 Å². The highest BCUT2D eigenvalue weighted by Gasteiger charge is 2.23. The van der Waals surface area contributed by atoms with E-state index in [4.69, 9.17) is 5.73 Å². The van der Waals surface area contributed by atoms with Crippen molar-refractivity contribution in [1.29, 1.82) is 0 Å². The monoisotopic (exact) mass is 238 g/mol. The van der Waals surface area contributed by atoms with Gasteiger partial charge in [-0.3, -0.25) is 9.89 Å². The quantitative estimate of drug-likeness (QED) is 0.716. The second kappa shape index (κ2) is 5.82. The van der Waals surface area contributed by atoms with Gasteiger partial charge in [-0.1, -0.05) is 20.8 Å². The summed E-state index contributed by atoms with van der Waals surface area (Å²) in [6, 6.07) is 0. The molecule has 1 aromatic heterocycles. The van der Waals surface area contributed by atoms with Crippen molar-refractivity contribution in [2.45, 2.75) is 33.7 Å². The first-order valence-electron chi connectivity index (χ1n) is 5.88. The Morgan fingerprint density at radius 1 is 1.59 bits per heavy atom. The summed E-state index contributed by atoms with van der Waals surface area (Å²) in [6.07, 6.45) is 4.25. The van der Waals surface area contributed by atoms with Crippen LogP contribution < -0.4 is 11.1 Å². The van der Waals surface area contributed by atoms with Gasteiger partial charge in [0, 0.05) is 24.8 Å². The molecule has 0 fully saturated rings. The van der Waals surface area contributed by atoms with E-state index in [1.807, 2.05) is 0 Å². The predicted molar refractivity (Wildman–Crippen MR) is 67.1 cm³/mol. The summed E-state index contributed by atoms with van der Waals surface area (Å²) in [5.74, 6) is -0.106. The predicted octanol–water partition coefficient (Wildman–Crippen LogP) is 1.04. The lowest BCUT2D eigenvalue weighted by molar-refractivity contribution is -0.125. The summed E-state index contributed by atoms with van der Waals surface area (Å²) in [7, 11) is 0. The van der Waals surface area contributed by atoms with E-state index >= 15 is 0 Å². The van der Waals surface area contributed by atoms with E-state index in [9.17, 15) is 4.79 Å². The fraction of sp³-hybridized carbons (Fsp3) is 0.667. The van der Waals surface area contributed by atoms with E-state index < -0.39 is 0 Å². The zero-order valence-corrected chi connectivity index (χ0v) is 10.8. The number of hydrogen-bond donors (Lipinski definition) is 3. The number of aromatic amines is 1. The minimum atomic E-state index is -0.123. The lowest BCUT2D eigenvalue weighted by Gasteiger charge is -2.24. The van der Waals surface area contributed by atoms with E-state index in [0.29, 0.717) is 13.1 Å². The molecule has 1 aromatic rings. The number of H-pyrrole nitrogens is 1. The second-order valence-corrected chi connectivity index (χ2v) is 5.52. The Hall–Kier alpha value is -1.36. The summed E-state index contributed by atoms with van der Waals surface area (Å²) in [5.41, 5.74) is 6.72. The van der Waals surface area contributed by atoms with Crippen LogP contribution in [0.3, 0.4) is 0 Å². The maximum atomic E-state index is 11.9. The average Bonchev–Trinajstić information content (AvgIpc) is 2.74. The van der Waals surface area contributed by atoms with Crippen LogP contribution >= 0.6 is 0 Å². The molecule has 96 valence electrons. The molecule has 0 aliphatic heterocycles. The summed E-state index contributed by atoms with van der Waals surface area (Å²) >= 11 is 0. The first kappa shape index (κ1) is 13.7. The molecule has 0 saturated carbocycles. The second-order valence-electron chi connectivity index (χ2n) is 5.52. The first-order valence-corrected chi connectivity index (χ1v) is 5.88. The number of nitrogens with zero attached hydrogens (tertiary/aromatic N) is 1. The number of amides is 1. The van der Waals surface area contributed by atoms with Gasteiger partial charge >= 0.3 is 0 Å². The van der Waals surface area contributed by atoms with Crippen LogP contribution in [0.1, 0.15) is 32.8 Å². The zero-order chi connectivity index (χ0) is 12.9. The Labute approximate surface area is 102 Å². The van der Waals surface area contributed by atoms with Gasteiger partial charge in [-0.2, -0.15) is 5.10 Å². The van der Waals surface area contributed by atoms with Crippen molar-refractivity contribution in [3.05, 3.63) is 18.0 Å². The smallest absolute Gasteiger partial charge is 0.224 e. The molecule has 0 aromatic carbocycles. The average molecular weight is 238 g/mol. The van der Waals surface area contributed by atoms with Gasteiger partial charge in [0.1, 0.15) is 0 Å². The van der Waals surface area contributed by atoms with Crippen LogP contribution in [0.15, 0.2) is 12.4 Å². The Bertz CT molecular complexity index is 340. The molecular weight excluding hydrogens is 216 g/mol. The molecule has 0 aliphatic carbocycles. The lowest BCUT2D eigenvalue weighted by atomic mass is 9.84. The molecule has 1 unspecified atom stereocenters. The van der Waals surface area contributed by atoms with Crippen LogP contribution in [0.4, 0.5) is 0 Å². The van der Waals surface area contributed by atoms with Gasteiger partial charge < -0.3 is 11.1 Å². The molecule has 0 aliphatic rings. The summed E-state index contributed by atoms with van der Waals surface area (Å²) in [6.45, 7) is 7.21. The van der Waals surface area contributed by atoms with Crippen LogP contribution in [-0.4, -0.2) is 22.6 Å². The van der Waals surface area contributed by atoms with Crippen LogP contribution in [-0.2, 0) is 11.3 Å².